The Morgan fingerprint density at radius 3 is 2.68 bits per heavy atom. The Morgan fingerprint density at radius 2 is 2.21 bits per heavy atom. The van der Waals surface area contributed by atoms with Crippen molar-refractivity contribution in [1.82, 2.24) is 0 Å². The highest BCUT2D eigenvalue weighted by molar-refractivity contribution is 6.33. The number of Topliss-reactive ketones (excluding diaryl/α,β-unsaturated/α-hetero) is 1. The van der Waals surface area contributed by atoms with Crippen LogP contribution < -0.4 is 5.73 Å². The minimum Gasteiger partial charge on any atom is -0.397 e. The maximum atomic E-state index is 11.6. The van der Waals surface area contributed by atoms with Crippen molar-refractivity contribution in [2.24, 2.45) is 5.92 Å². The number of ketones is 1. The monoisotopic (exact) mass is 279 g/mol. The number of halogens is 1. The summed E-state index contributed by atoms with van der Waals surface area (Å²) in [7, 11) is 0. The van der Waals surface area contributed by atoms with Crippen LogP contribution in [0, 0.1) is 18.3 Å². The molecule has 0 aliphatic rings. The molecule has 1 rings (SSSR count). The summed E-state index contributed by atoms with van der Waals surface area (Å²) in [4.78, 5) is 11.6. The van der Waals surface area contributed by atoms with Gasteiger partial charge in [0.05, 0.1) is 16.8 Å². The van der Waals surface area contributed by atoms with Crippen molar-refractivity contribution in [2.75, 3.05) is 5.73 Å². The maximum absolute atomic E-state index is 11.6. The maximum Gasteiger partial charge on any atom is 0.133 e. The molecule has 0 radical (unpaired) electrons. The van der Waals surface area contributed by atoms with Gasteiger partial charge in [-0.05, 0) is 44.4 Å². The van der Waals surface area contributed by atoms with Crippen LogP contribution >= 0.6 is 11.6 Å². The van der Waals surface area contributed by atoms with Gasteiger partial charge in [-0.25, -0.2) is 0 Å². The van der Waals surface area contributed by atoms with E-state index in [9.17, 15) is 9.90 Å². The van der Waals surface area contributed by atoms with Crippen LogP contribution in [0.15, 0.2) is 12.1 Å². The first-order chi connectivity index (χ1) is 8.85. The molecule has 0 spiro atoms. The number of anilines is 1. The van der Waals surface area contributed by atoms with Gasteiger partial charge in [0.1, 0.15) is 5.78 Å². The van der Waals surface area contributed by atoms with Crippen LogP contribution in [0.2, 0.25) is 5.02 Å². The Kier molecular flexibility index (Phi) is 5.41. The Labute approximate surface area is 118 Å². The standard InChI is InChI=1S/C15H18ClNO2/c1-4-12-6-11(8-14(16)15(12)17)7-13(10(3)19)5-9(2)18/h1,6,8-9,13,18H,5,7,17H2,2-3H3/t9?,13-/m1/s1. The number of aliphatic hydroxyl groups is 1. The second kappa shape index (κ2) is 6.60. The van der Waals surface area contributed by atoms with Gasteiger partial charge in [-0.1, -0.05) is 17.5 Å². The lowest BCUT2D eigenvalue weighted by molar-refractivity contribution is -0.121. The fourth-order valence-electron chi connectivity index (χ4n) is 2.00. The summed E-state index contributed by atoms with van der Waals surface area (Å²) >= 11 is 6.01. The fraction of sp³-hybridized carbons (Fsp3) is 0.400. The third kappa shape index (κ3) is 4.27. The zero-order chi connectivity index (χ0) is 14.6. The summed E-state index contributed by atoms with van der Waals surface area (Å²) in [6, 6.07) is 3.48. The summed E-state index contributed by atoms with van der Waals surface area (Å²) in [5.74, 6) is 2.27. The number of carbonyl (C=O) groups excluding carboxylic acids is 1. The van der Waals surface area contributed by atoms with Gasteiger partial charge in [0.15, 0.2) is 0 Å². The minimum atomic E-state index is -0.523. The van der Waals surface area contributed by atoms with E-state index in [4.69, 9.17) is 23.8 Å². The molecule has 0 bridgehead atoms. The molecule has 3 N–H and O–H groups in total. The fourth-order valence-corrected chi connectivity index (χ4v) is 2.24. The van der Waals surface area contributed by atoms with E-state index in [2.05, 4.69) is 5.92 Å². The van der Waals surface area contributed by atoms with Gasteiger partial charge in [-0.2, -0.15) is 0 Å². The van der Waals surface area contributed by atoms with Crippen molar-refractivity contribution in [3.63, 3.8) is 0 Å². The highest BCUT2D eigenvalue weighted by Crippen LogP contribution is 2.26. The molecule has 1 unspecified atom stereocenters. The molecule has 0 aliphatic heterocycles. The van der Waals surface area contributed by atoms with Gasteiger partial charge in [-0.3, -0.25) is 4.79 Å². The van der Waals surface area contributed by atoms with Gasteiger partial charge >= 0.3 is 0 Å². The van der Waals surface area contributed by atoms with Crippen LogP contribution in [-0.4, -0.2) is 17.0 Å². The van der Waals surface area contributed by atoms with Crippen LogP contribution in [0.3, 0.4) is 0 Å². The molecule has 1 aromatic carbocycles. The summed E-state index contributed by atoms with van der Waals surface area (Å²) in [6.07, 6.45) is 5.76. The Balaban J connectivity index is 3.01. The first kappa shape index (κ1) is 15.6. The van der Waals surface area contributed by atoms with Crippen LogP contribution in [0.25, 0.3) is 0 Å². The Bertz CT molecular complexity index is 518. The molecule has 0 aliphatic carbocycles. The number of aliphatic hydroxyl groups excluding tert-OH is 1. The Morgan fingerprint density at radius 1 is 1.58 bits per heavy atom. The smallest absolute Gasteiger partial charge is 0.133 e. The molecule has 3 nitrogen and oxygen atoms in total. The summed E-state index contributed by atoms with van der Waals surface area (Å²) < 4.78 is 0. The van der Waals surface area contributed by atoms with E-state index in [0.29, 0.717) is 29.1 Å². The lowest BCUT2D eigenvalue weighted by atomic mass is 9.90. The topological polar surface area (TPSA) is 63.3 Å². The first-order valence-corrected chi connectivity index (χ1v) is 6.46. The van der Waals surface area contributed by atoms with Crippen molar-refractivity contribution in [1.29, 1.82) is 0 Å². The lowest BCUT2D eigenvalue weighted by Crippen LogP contribution is -2.19. The molecule has 0 saturated heterocycles. The van der Waals surface area contributed by atoms with Crippen LogP contribution in [0.4, 0.5) is 5.69 Å². The third-order valence-corrected chi connectivity index (χ3v) is 3.34. The SMILES string of the molecule is C#Cc1cc(C[C@@H](CC(C)O)C(C)=O)cc(Cl)c1N. The van der Waals surface area contributed by atoms with E-state index in [-0.39, 0.29) is 11.7 Å². The number of hydrogen-bond donors (Lipinski definition) is 2. The van der Waals surface area contributed by atoms with Gasteiger partial charge in [0.25, 0.3) is 0 Å². The van der Waals surface area contributed by atoms with Gasteiger partial charge in [0, 0.05) is 11.5 Å². The second-order valence-corrected chi connectivity index (χ2v) is 5.19. The highest BCUT2D eigenvalue weighted by atomic mass is 35.5. The lowest BCUT2D eigenvalue weighted by Gasteiger charge is -2.16. The Hall–Kier alpha value is -1.50. The van der Waals surface area contributed by atoms with E-state index in [1.54, 1.807) is 19.1 Å². The van der Waals surface area contributed by atoms with Crippen molar-refractivity contribution in [3.8, 4) is 12.3 Å². The average Bonchev–Trinajstić information content (AvgIpc) is 2.31. The van der Waals surface area contributed by atoms with E-state index in [1.165, 1.54) is 6.92 Å². The molecule has 2 atom stereocenters. The molecular formula is C15H18ClNO2. The van der Waals surface area contributed by atoms with Crippen LogP contribution in [0.5, 0.6) is 0 Å². The third-order valence-electron chi connectivity index (χ3n) is 3.03. The highest BCUT2D eigenvalue weighted by Gasteiger charge is 2.18. The van der Waals surface area contributed by atoms with E-state index in [0.717, 1.165) is 5.56 Å². The zero-order valence-corrected chi connectivity index (χ0v) is 11.9. The van der Waals surface area contributed by atoms with E-state index in [1.807, 2.05) is 0 Å². The number of nitrogen functional groups attached to an aromatic ring is 1. The van der Waals surface area contributed by atoms with Crippen LogP contribution in [0.1, 0.15) is 31.4 Å². The van der Waals surface area contributed by atoms with Crippen LogP contribution in [-0.2, 0) is 11.2 Å². The average molecular weight is 280 g/mol. The summed E-state index contributed by atoms with van der Waals surface area (Å²) in [5.41, 5.74) is 7.51. The molecule has 0 heterocycles. The molecule has 0 amide bonds. The van der Waals surface area contributed by atoms with E-state index < -0.39 is 6.10 Å². The number of carbonyl (C=O) groups is 1. The summed E-state index contributed by atoms with van der Waals surface area (Å²) in [6.45, 7) is 3.19. The molecule has 102 valence electrons. The molecule has 4 heteroatoms. The predicted octanol–water partition coefficient (Wildman–Crippen LogP) is 2.42. The van der Waals surface area contributed by atoms with E-state index >= 15 is 0 Å². The number of nitrogens with two attached hydrogens (primary N) is 1. The number of hydrogen-bond acceptors (Lipinski definition) is 3. The first-order valence-electron chi connectivity index (χ1n) is 6.08. The number of terminal acetylenes is 1. The normalized spacial score (nSPS) is 13.6. The van der Waals surface area contributed by atoms with Crippen molar-refractivity contribution in [2.45, 2.75) is 32.8 Å². The molecular weight excluding hydrogens is 262 g/mol. The van der Waals surface area contributed by atoms with Gasteiger partial charge in [-0.15, -0.1) is 6.42 Å². The molecule has 0 fully saturated rings. The molecule has 0 saturated carbocycles. The molecule has 0 aromatic heterocycles. The molecule has 1 aromatic rings. The van der Waals surface area contributed by atoms with Gasteiger partial charge < -0.3 is 10.8 Å². The quantitative estimate of drug-likeness (QED) is 0.643. The summed E-state index contributed by atoms with van der Waals surface area (Å²) in [5, 5.41) is 9.81. The van der Waals surface area contributed by atoms with Gasteiger partial charge in [0.2, 0.25) is 0 Å². The molecule has 19 heavy (non-hydrogen) atoms. The number of benzene rings is 1. The van der Waals surface area contributed by atoms with Crippen molar-refractivity contribution < 1.29 is 9.90 Å². The largest absolute Gasteiger partial charge is 0.397 e. The van der Waals surface area contributed by atoms with Crippen molar-refractivity contribution in [3.05, 3.63) is 28.3 Å². The predicted molar refractivity (Wildman–Crippen MR) is 78.0 cm³/mol. The van der Waals surface area contributed by atoms with Crippen molar-refractivity contribution >= 4 is 23.1 Å². The number of rotatable bonds is 5. The zero-order valence-electron chi connectivity index (χ0n) is 11.1. The second-order valence-electron chi connectivity index (χ2n) is 4.78. The minimum absolute atomic E-state index is 0.0381.